The van der Waals surface area contributed by atoms with Gasteiger partial charge in [0.15, 0.2) is 0 Å². The molecule has 4 nitrogen and oxygen atoms in total. The van der Waals surface area contributed by atoms with Crippen LogP contribution in [-0.4, -0.2) is 43.2 Å². The molecule has 1 heterocycles. The molecule has 1 spiro atoms. The predicted molar refractivity (Wildman–Crippen MR) is 85.0 cm³/mol. The summed E-state index contributed by atoms with van der Waals surface area (Å²) < 4.78 is 4.76. The van der Waals surface area contributed by atoms with E-state index in [2.05, 4.69) is 4.90 Å². The number of hydrogen-bond donors (Lipinski definition) is 1. The van der Waals surface area contributed by atoms with Crippen LogP contribution in [0.2, 0.25) is 0 Å². The first-order chi connectivity index (χ1) is 9.97. The van der Waals surface area contributed by atoms with E-state index in [0.29, 0.717) is 11.8 Å². The van der Waals surface area contributed by atoms with Crippen LogP contribution in [0.4, 0.5) is 0 Å². The van der Waals surface area contributed by atoms with E-state index in [0.717, 1.165) is 13.0 Å². The van der Waals surface area contributed by atoms with Crippen molar-refractivity contribution in [2.24, 2.45) is 11.1 Å². The van der Waals surface area contributed by atoms with Crippen LogP contribution in [0, 0.1) is 5.41 Å². The minimum Gasteiger partial charge on any atom is -0.468 e. The van der Waals surface area contributed by atoms with Crippen molar-refractivity contribution in [3.63, 3.8) is 0 Å². The van der Waals surface area contributed by atoms with E-state index in [1.54, 1.807) is 6.92 Å². The fourth-order valence-corrected chi connectivity index (χ4v) is 4.06. The van der Waals surface area contributed by atoms with Gasteiger partial charge in [-0.15, -0.1) is 0 Å². The van der Waals surface area contributed by atoms with Gasteiger partial charge in [-0.3, -0.25) is 4.79 Å². The molecule has 1 atom stereocenters. The molecule has 1 unspecified atom stereocenters. The molecule has 0 amide bonds. The van der Waals surface area contributed by atoms with Gasteiger partial charge in [0.25, 0.3) is 0 Å². The van der Waals surface area contributed by atoms with Crippen LogP contribution in [0.3, 0.4) is 0 Å². The molecule has 2 N–H and O–H groups in total. The number of carbonyl (C=O) groups is 1. The van der Waals surface area contributed by atoms with Crippen LogP contribution < -0.4 is 5.73 Å². The Hall–Kier alpha value is -0.610. The topological polar surface area (TPSA) is 55.6 Å². The summed E-state index contributed by atoms with van der Waals surface area (Å²) >= 11 is 0. The summed E-state index contributed by atoms with van der Waals surface area (Å²) in [7, 11) is 1.40. The lowest BCUT2D eigenvalue weighted by atomic mass is 9.68. The van der Waals surface area contributed by atoms with Crippen molar-refractivity contribution < 1.29 is 9.53 Å². The van der Waals surface area contributed by atoms with Gasteiger partial charge < -0.3 is 15.4 Å². The van der Waals surface area contributed by atoms with Crippen molar-refractivity contribution in [3.05, 3.63) is 0 Å². The first kappa shape index (κ1) is 16.8. The minimum atomic E-state index is -0.838. The van der Waals surface area contributed by atoms with E-state index in [4.69, 9.17) is 10.5 Å². The summed E-state index contributed by atoms with van der Waals surface area (Å²) in [6.07, 6.45) is 11.6. The highest BCUT2D eigenvalue weighted by atomic mass is 16.5. The Kier molecular flexibility index (Phi) is 5.67. The average molecular weight is 296 g/mol. The van der Waals surface area contributed by atoms with Gasteiger partial charge in [0.2, 0.25) is 0 Å². The maximum atomic E-state index is 11.6. The highest BCUT2D eigenvalue weighted by molar-refractivity contribution is 5.79. The first-order valence-electron chi connectivity index (χ1n) is 8.57. The highest BCUT2D eigenvalue weighted by Crippen LogP contribution is 2.44. The molecule has 0 bridgehead atoms. The zero-order valence-electron chi connectivity index (χ0n) is 13.8. The highest BCUT2D eigenvalue weighted by Gasteiger charge is 2.35. The zero-order chi connectivity index (χ0) is 15.3. The summed E-state index contributed by atoms with van der Waals surface area (Å²) in [6, 6.07) is 0. The second kappa shape index (κ2) is 7.10. The molecular weight excluding hydrogens is 264 g/mol. The molecule has 2 fully saturated rings. The number of methoxy groups -OCH3 is 1. The summed E-state index contributed by atoms with van der Waals surface area (Å²) in [5.41, 5.74) is 5.84. The second-order valence-corrected chi connectivity index (χ2v) is 7.41. The lowest BCUT2D eigenvalue weighted by Crippen LogP contribution is -2.46. The zero-order valence-corrected chi connectivity index (χ0v) is 13.8. The van der Waals surface area contributed by atoms with E-state index < -0.39 is 5.54 Å². The van der Waals surface area contributed by atoms with Gasteiger partial charge in [-0.05, 0) is 70.5 Å². The number of esters is 1. The molecule has 122 valence electrons. The van der Waals surface area contributed by atoms with E-state index in [1.807, 2.05) is 0 Å². The van der Waals surface area contributed by atoms with Gasteiger partial charge in [0.05, 0.1) is 7.11 Å². The summed E-state index contributed by atoms with van der Waals surface area (Å²) in [5.74, 6) is -0.303. The lowest BCUT2D eigenvalue weighted by Gasteiger charge is -2.44. The number of ether oxygens (including phenoxy) is 1. The molecule has 21 heavy (non-hydrogen) atoms. The molecular formula is C17H32N2O2. The minimum absolute atomic E-state index is 0.303. The molecule has 0 aromatic carbocycles. The van der Waals surface area contributed by atoms with Gasteiger partial charge in [0, 0.05) is 0 Å². The molecule has 2 aliphatic rings. The van der Waals surface area contributed by atoms with Gasteiger partial charge >= 0.3 is 5.97 Å². The Morgan fingerprint density at radius 1 is 1.19 bits per heavy atom. The van der Waals surface area contributed by atoms with Crippen molar-refractivity contribution in [1.82, 2.24) is 4.90 Å². The molecule has 1 aliphatic heterocycles. The number of likely N-dealkylation sites (tertiary alicyclic amines) is 1. The third kappa shape index (κ3) is 4.43. The standard InChI is InChI=1S/C17H32N2O2/c1-16(18,15(20)21-2)7-6-12-19-13-10-17(11-14-19)8-4-3-5-9-17/h3-14,18H2,1-2H3. The van der Waals surface area contributed by atoms with Gasteiger partial charge in [0.1, 0.15) is 5.54 Å². The third-order valence-corrected chi connectivity index (χ3v) is 5.65. The monoisotopic (exact) mass is 296 g/mol. The Balaban J connectivity index is 1.68. The smallest absolute Gasteiger partial charge is 0.325 e. The van der Waals surface area contributed by atoms with Crippen LogP contribution in [0.1, 0.15) is 64.7 Å². The van der Waals surface area contributed by atoms with Crippen molar-refractivity contribution in [1.29, 1.82) is 0 Å². The molecule has 1 saturated heterocycles. The van der Waals surface area contributed by atoms with Gasteiger partial charge in [-0.2, -0.15) is 0 Å². The summed E-state index contributed by atoms with van der Waals surface area (Å²) in [4.78, 5) is 14.1. The van der Waals surface area contributed by atoms with Gasteiger partial charge in [-0.25, -0.2) is 0 Å². The first-order valence-corrected chi connectivity index (χ1v) is 8.57. The fourth-order valence-electron chi connectivity index (χ4n) is 4.06. The van der Waals surface area contributed by atoms with Crippen molar-refractivity contribution in [3.8, 4) is 0 Å². The van der Waals surface area contributed by atoms with Crippen molar-refractivity contribution in [2.75, 3.05) is 26.7 Å². The van der Waals surface area contributed by atoms with Crippen LogP contribution in [-0.2, 0) is 9.53 Å². The second-order valence-electron chi connectivity index (χ2n) is 7.41. The largest absolute Gasteiger partial charge is 0.468 e. The molecule has 2 rings (SSSR count). The molecule has 0 radical (unpaired) electrons. The Morgan fingerprint density at radius 3 is 2.38 bits per heavy atom. The van der Waals surface area contributed by atoms with Crippen LogP contribution >= 0.6 is 0 Å². The Morgan fingerprint density at radius 2 is 1.81 bits per heavy atom. The van der Waals surface area contributed by atoms with Crippen LogP contribution in [0.25, 0.3) is 0 Å². The summed E-state index contributed by atoms with van der Waals surface area (Å²) in [5, 5.41) is 0. The van der Waals surface area contributed by atoms with Crippen LogP contribution in [0.5, 0.6) is 0 Å². The normalized spacial score (nSPS) is 25.5. The Labute approximate surface area is 129 Å². The number of nitrogens with two attached hydrogens (primary N) is 1. The average Bonchev–Trinajstić information content (AvgIpc) is 2.49. The molecule has 0 aromatic rings. The summed E-state index contributed by atoms with van der Waals surface area (Å²) in [6.45, 7) is 5.27. The van der Waals surface area contributed by atoms with Crippen molar-refractivity contribution in [2.45, 2.75) is 70.3 Å². The van der Waals surface area contributed by atoms with Gasteiger partial charge in [-0.1, -0.05) is 19.3 Å². The molecule has 1 saturated carbocycles. The number of hydrogen-bond acceptors (Lipinski definition) is 4. The maximum Gasteiger partial charge on any atom is 0.325 e. The number of nitrogens with zero attached hydrogens (tertiary/aromatic N) is 1. The Bertz CT molecular complexity index is 339. The van der Waals surface area contributed by atoms with E-state index in [-0.39, 0.29) is 5.97 Å². The predicted octanol–water partition coefficient (Wildman–Crippen LogP) is 2.70. The fraction of sp³-hybridized carbons (Fsp3) is 0.941. The number of carbonyl (C=O) groups excluding carboxylic acids is 1. The SMILES string of the molecule is COC(=O)C(C)(N)CCCN1CCC2(CCCCC2)CC1. The maximum absolute atomic E-state index is 11.6. The number of piperidine rings is 1. The lowest BCUT2D eigenvalue weighted by molar-refractivity contribution is -0.146. The molecule has 4 heteroatoms. The van der Waals surface area contributed by atoms with E-state index >= 15 is 0 Å². The third-order valence-electron chi connectivity index (χ3n) is 5.65. The van der Waals surface area contributed by atoms with E-state index in [1.165, 1.54) is 65.1 Å². The molecule has 1 aliphatic carbocycles. The van der Waals surface area contributed by atoms with E-state index in [9.17, 15) is 4.79 Å². The van der Waals surface area contributed by atoms with Crippen LogP contribution in [0.15, 0.2) is 0 Å². The quantitative estimate of drug-likeness (QED) is 0.793. The molecule has 0 aromatic heterocycles. The number of rotatable bonds is 5. The van der Waals surface area contributed by atoms with Crippen molar-refractivity contribution >= 4 is 5.97 Å².